The Morgan fingerprint density at radius 2 is 1.71 bits per heavy atom. The second-order valence-electron chi connectivity index (χ2n) is 14.7. The predicted octanol–water partition coefficient (Wildman–Crippen LogP) is 8.50. The van der Waals surface area contributed by atoms with Gasteiger partial charge in [-0.2, -0.15) is 0 Å². The highest BCUT2D eigenvalue weighted by Gasteiger charge is 2.22. The number of unbranched alkanes of at least 4 members (excludes halogenated alkanes) is 1. The van der Waals surface area contributed by atoms with Crippen LogP contribution in [0.2, 0.25) is 19.1 Å². The molecule has 55 heavy (non-hydrogen) atoms. The lowest BCUT2D eigenvalue weighted by atomic mass is 10.1. The summed E-state index contributed by atoms with van der Waals surface area (Å²) in [7, 11) is -2.09. The van der Waals surface area contributed by atoms with Crippen LogP contribution < -0.4 is 10.1 Å². The molecule has 0 spiro atoms. The van der Waals surface area contributed by atoms with E-state index in [1.807, 2.05) is 72.6 Å². The fourth-order valence-electron chi connectivity index (χ4n) is 6.79. The third-order valence-electron chi connectivity index (χ3n) is 9.76. The highest BCUT2D eigenvalue weighted by atomic mass is 32.1. The highest BCUT2D eigenvalue weighted by molar-refractivity contribution is 7.13. The van der Waals surface area contributed by atoms with E-state index in [0.717, 1.165) is 109 Å². The number of fused-ring (bicyclic) bond motifs is 1. The van der Waals surface area contributed by atoms with Crippen LogP contribution in [0.3, 0.4) is 0 Å². The zero-order valence-electron chi connectivity index (χ0n) is 31.7. The van der Waals surface area contributed by atoms with Crippen molar-refractivity contribution >= 4 is 47.8 Å². The molecule has 5 heterocycles. The van der Waals surface area contributed by atoms with Gasteiger partial charge in [0.15, 0.2) is 14.1 Å². The Morgan fingerprint density at radius 3 is 2.47 bits per heavy atom. The van der Waals surface area contributed by atoms with Crippen molar-refractivity contribution in [2.45, 2.75) is 58.2 Å². The largest absolute Gasteiger partial charge is 0.438 e. The first-order valence-electron chi connectivity index (χ1n) is 19.0. The number of hydrogen-bond donors (Lipinski definition) is 2. The molecular weight excluding hydrogens is 725 g/mol. The minimum Gasteiger partial charge on any atom is -0.438 e. The summed E-state index contributed by atoms with van der Waals surface area (Å²) < 4.78 is 6.30. The Balaban J connectivity index is 0.916. The summed E-state index contributed by atoms with van der Waals surface area (Å²) in [6, 6.07) is 24.6. The van der Waals surface area contributed by atoms with Gasteiger partial charge in [0, 0.05) is 67.9 Å². The molecule has 1 aliphatic rings. The van der Waals surface area contributed by atoms with Gasteiger partial charge in [-0.15, -0.1) is 21.5 Å². The summed E-state index contributed by atoms with van der Waals surface area (Å²) in [6.45, 7) is 10.3. The van der Waals surface area contributed by atoms with Gasteiger partial charge >= 0.3 is 0 Å². The normalized spacial score (nSPS) is 13.6. The molecule has 11 nitrogen and oxygen atoms in total. The van der Waals surface area contributed by atoms with Crippen LogP contribution in [0.25, 0.3) is 32.6 Å². The molecule has 0 saturated carbocycles. The van der Waals surface area contributed by atoms with Gasteiger partial charge in [-0.1, -0.05) is 24.3 Å². The lowest BCUT2D eigenvalue weighted by Gasteiger charge is -2.35. The first-order valence-corrected chi connectivity index (χ1v) is 23.1. The van der Waals surface area contributed by atoms with E-state index in [0.29, 0.717) is 23.9 Å². The number of carbonyl (C=O) groups excluding carboxylic acids is 1. The van der Waals surface area contributed by atoms with Crippen LogP contribution in [-0.4, -0.2) is 86.7 Å². The van der Waals surface area contributed by atoms with Crippen LogP contribution >= 0.6 is 11.3 Å². The highest BCUT2D eigenvalue weighted by Crippen LogP contribution is 2.35. The van der Waals surface area contributed by atoms with Gasteiger partial charge in [0.1, 0.15) is 17.3 Å². The van der Waals surface area contributed by atoms with Gasteiger partial charge in [0.05, 0.1) is 16.1 Å². The Labute approximate surface area is 327 Å². The monoisotopic (exact) mass is 772 g/mol. The number of benzene rings is 2. The number of rotatable bonds is 15. The lowest BCUT2D eigenvalue weighted by Crippen LogP contribution is -2.48. The zero-order valence-corrected chi connectivity index (χ0v) is 33.6. The fourth-order valence-corrected chi connectivity index (χ4v) is 8.73. The molecule has 7 rings (SSSR count). The van der Waals surface area contributed by atoms with Crippen molar-refractivity contribution in [1.29, 1.82) is 0 Å². The van der Waals surface area contributed by atoms with Crippen LogP contribution in [-0.2, 0) is 11.2 Å². The minimum atomic E-state index is -2.09. The van der Waals surface area contributed by atoms with E-state index >= 15 is 0 Å². The molecule has 1 saturated heterocycles. The number of aromatic nitrogens is 5. The summed E-state index contributed by atoms with van der Waals surface area (Å²) in [6.07, 6.45) is 7.62. The van der Waals surface area contributed by atoms with Crippen LogP contribution in [0, 0.1) is 6.92 Å². The van der Waals surface area contributed by atoms with E-state index < -0.39 is 8.32 Å². The maximum absolute atomic E-state index is 12.6. The minimum absolute atomic E-state index is 0.217. The molecule has 1 aliphatic heterocycles. The number of nitrogens with one attached hydrogen (secondary N) is 1. The van der Waals surface area contributed by atoms with E-state index in [4.69, 9.17) is 9.72 Å². The predicted molar refractivity (Wildman–Crippen MR) is 222 cm³/mol. The third-order valence-corrected chi connectivity index (χ3v) is 12.4. The molecule has 0 bridgehead atoms. The van der Waals surface area contributed by atoms with Gasteiger partial charge < -0.3 is 19.7 Å². The SMILES string of the molecule is Cc1csc(-c2nnc(Nc3ccc(Oc4ncccc4-c4ccnc(CCCCN5CCN(C(=O)CCC[Si](C)(C)O)CC5)n4)cc3)c3ccccc23)c1. The Bertz CT molecular complexity index is 2220. The van der Waals surface area contributed by atoms with Gasteiger partial charge in [0.25, 0.3) is 0 Å². The number of pyridine rings is 1. The average molecular weight is 773 g/mol. The molecule has 1 fully saturated rings. The number of piperazine rings is 1. The van der Waals surface area contributed by atoms with Crippen LogP contribution in [0.15, 0.2) is 90.6 Å². The van der Waals surface area contributed by atoms with Crippen molar-refractivity contribution in [3.05, 3.63) is 102 Å². The number of carbonyl (C=O) groups is 1. The maximum Gasteiger partial charge on any atom is 0.228 e. The number of anilines is 2. The molecule has 2 N–H and O–H groups in total. The first kappa shape index (κ1) is 38.2. The molecule has 13 heteroatoms. The van der Waals surface area contributed by atoms with Crippen molar-refractivity contribution in [1.82, 2.24) is 34.9 Å². The molecule has 4 aromatic heterocycles. The number of aryl methyl sites for hydroxylation is 2. The summed E-state index contributed by atoms with van der Waals surface area (Å²) in [4.78, 5) is 42.2. The maximum atomic E-state index is 12.6. The van der Waals surface area contributed by atoms with E-state index in [2.05, 4.69) is 60.9 Å². The van der Waals surface area contributed by atoms with Crippen molar-refractivity contribution in [2.24, 2.45) is 0 Å². The molecule has 0 unspecified atom stereocenters. The van der Waals surface area contributed by atoms with Gasteiger partial charge in [0.2, 0.25) is 11.8 Å². The second-order valence-corrected chi connectivity index (χ2v) is 19.8. The van der Waals surface area contributed by atoms with Crippen molar-refractivity contribution in [2.75, 3.05) is 38.0 Å². The van der Waals surface area contributed by atoms with Gasteiger partial charge in [-0.25, -0.2) is 15.0 Å². The average Bonchev–Trinajstić information content (AvgIpc) is 3.63. The first-order chi connectivity index (χ1) is 26.7. The van der Waals surface area contributed by atoms with Crippen LogP contribution in [0.4, 0.5) is 11.5 Å². The van der Waals surface area contributed by atoms with Crippen molar-refractivity contribution in [3.63, 3.8) is 0 Å². The number of ether oxygens (including phenoxy) is 1. The standard InChI is InChI=1S/C42H48N8O3SSi/c1-30-28-37(54-29-30)40-33-10-4-5-11-34(33)41(48-47-40)45-31-15-17-32(18-16-31)53-42-35(12-8-20-44-42)36-19-21-43-38(46-36)13-6-7-22-49-23-25-50(26-24-49)39(51)14-9-27-55(2,3)52/h4-5,8,10-12,15-21,28-29,52H,6-7,9,13-14,22-27H2,1-3H3,(H,45,48). The summed E-state index contributed by atoms with van der Waals surface area (Å²) in [5.41, 5.74) is 4.53. The Hall–Kier alpha value is -5.08. The zero-order chi connectivity index (χ0) is 38.2. The van der Waals surface area contributed by atoms with E-state index in [9.17, 15) is 9.59 Å². The smallest absolute Gasteiger partial charge is 0.228 e. The number of hydrogen-bond acceptors (Lipinski definition) is 11. The summed E-state index contributed by atoms with van der Waals surface area (Å²) in [5.74, 6) is 2.82. The molecule has 6 aromatic rings. The molecule has 0 aliphatic carbocycles. The van der Waals surface area contributed by atoms with Crippen LogP contribution in [0.1, 0.15) is 37.1 Å². The van der Waals surface area contributed by atoms with E-state index in [1.54, 1.807) is 23.7 Å². The number of nitrogens with zero attached hydrogens (tertiary/aromatic N) is 7. The summed E-state index contributed by atoms with van der Waals surface area (Å²) in [5, 5.41) is 16.8. The lowest BCUT2D eigenvalue weighted by molar-refractivity contribution is -0.133. The topological polar surface area (TPSA) is 129 Å². The molecular formula is C42H48N8O3SSi. The molecule has 284 valence electrons. The summed E-state index contributed by atoms with van der Waals surface area (Å²) >= 11 is 1.68. The Kier molecular flexibility index (Phi) is 12.2. The Morgan fingerprint density at radius 1 is 0.909 bits per heavy atom. The van der Waals surface area contributed by atoms with E-state index in [1.165, 1.54) is 5.56 Å². The molecule has 2 aromatic carbocycles. The fraction of sp³-hybridized carbons (Fsp3) is 0.333. The quantitative estimate of drug-likeness (QED) is 0.0775. The van der Waals surface area contributed by atoms with Crippen molar-refractivity contribution < 1.29 is 14.3 Å². The van der Waals surface area contributed by atoms with Gasteiger partial charge in [-0.05, 0) is 111 Å². The molecule has 0 radical (unpaired) electrons. The van der Waals surface area contributed by atoms with Gasteiger partial charge in [-0.3, -0.25) is 9.69 Å². The molecule has 1 amide bonds. The van der Waals surface area contributed by atoms with Crippen LogP contribution in [0.5, 0.6) is 11.6 Å². The third kappa shape index (κ3) is 10.2. The second kappa shape index (κ2) is 17.6. The van der Waals surface area contributed by atoms with E-state index in [-0.39, 0.29) is 5.91 Å². The van der Waals surface area contributed by atoms with Crippen molar-refractivity contribution in [3.8, 4) is 33.5 Å². The number of amides is 1. The number of thiophene rings is 1. The molecule has 0 atom stereocenters.